The molecule has 2 aliphatic heterocycles. The van der Waals surface area contributed by atoms with Crippen LogP contribution >= 0.6 is 11.8 Å². The molecular weight excluding hydrogens is 342 g/mol. The van der Waals surface area contributed by atoms with Gasteiger partial charge in [-0.25, -0.2) is 0 Å². The fourth-order valence-electron chi connectivity index (χ4n) is 3.33. The number of carbonyl (C=O) groups excluding carboxylic acids is 1. The summed E-state index contributed by atoms with van der Waals surface area (Å²) in [5.74, 6) is -1.43. The summed E-state index contributed by atoms with van der Waals surface area (Å²) in [6.45, 7) is 1.77. The Hall–Kier alpha value is -1.61. The highest BCUT2D eigenvalue weighted by Crippen LogP contribution is 2.45. The number of rotatable bonds is 5. The van der Waals surface area contributed by atoms with Crippen molar-refractivity contribution in [1.29, 1.82) is 0 Å². The highest BCUT2D eigenvalue weighted by atomic mass is 32.2. The molecule has 0 bridgehead atoms. The van der Waals surface area contributed by atoms with E-state index in [9.17, 15) is 14.7 Å². The zero-order valence-electron chi connectivity index (χ0n) is 13.8. The van der Waals surface area contributed by atoms with Gasteiger partial charge < -0.3 is 20.9 Å². The largest absolute Gasteiger partial charge is 0.480 e. The number of esters is 1. The van der Waals surface area contributed by atoms with Gasteiger partial charge in [-0.3, -0.25) is 14.9 Å². The summed E-state index contributed by atoms with van der Waals surface area (Å²) in [7, 11) is 0. The van der Waals surface area contributed by atoms with Gasteiger partial charge in [-0.15, -0.1) is 11.8 Å². The fraction of sp³-hybridized carbons (Fsp3) is 0.529. The van der Waals surface area contributed by atoms with E-state index >= 15 is 0 Å². The number of hydrogen-bond acceptors (Lipinski definition) is 7. The van der Waals surface area contributed by atoms with Crippen molar-refractivity contribution in [2.45, 2.75) is 41.7 Å². The van der Waals surface area contributed by atoms with Gasteiger partial charge >= 0.3 is 11.9 Å². The second kappa shape index (κ2) is 7.74. The normalized spacial score (nSPS) is 26.3. The van der Waals surface area contributed by atoms with Crippen LogP contribution in [0.3, 0.4) is 0 Å². The first kappa shape index (κ1) is 18.2. The lowest BCUT2D eigenvalue weighted by Gasteiger charge is -2.36. The molecule has 0 amide bonds. The topological polar surface area (TPSA) is 114 Å². The summed E-state index contributed by atoms with van der Waals surface area (Å²) in [6.07, 6.45) is 1.53. The summed E-state index contributed by atoms with van der Waals surface area (Å²) in [4.78, 5) is 24.0. The molecule has 2 aliphatic rings. The van der Waals surface area contributed by atoms with Crippen LogP contribution in [0, 0.1) is 0 Å². The van der Waals surface area contributed by atoms with Crippen molar-refractivity contribution in [3.8, 4) is 0 Å². The Morgan fingerprint density at radius 1 is 1.32 bits per heavy atom. The highest BCUT2D eigenvalue weighted by Gasteiger charge is 2.54. The Kier molecular flexibility index (Phi) is 5.63. The standard InChI is InChI=1S/C17H23N3O4S/c18-12(15(21)22)14-20-13(17(25-14)6-8-19-9-7-17)16(23)24-10-11-4-2-1-3-5-11/h1-5,12-14,19-20H,6-10,18H2,(H,21,22). The first-order chi connectivity index (χ1) is 12.0. The van der Waals surface area contributed by atoms with E-state index in [0.29, 0.717) is 0 Å². The van der Waals surface area contributed by atoms with Gasteiger partial charge in [0.15, 0.2) is 0 Å². The number of piperidine rings is 1. The molecule has 2 heterocycles. The van der Waals surface area contributed by atoms with E-state index in [1.54, 1.807) is 0 Å². The molecule has 3 unspecified atom stereocenters. The van der Waals surface area contributed by atoms with Crippen LogP contribution in [0.1, 0.15) is 18.4 Å². The van der Waals surface area contributed by atoms with Crippen LogP contribution < -0.4 is 16.4 Å². The molecular formula is C17H23N3O4S. The van der Waals surface area contributed by atoms with Crippen molar-refractivity contribution < 1.29 is 19.4 Å². The molecule has 25 heavy (non-hydrogen) atoms. The monoisotopic (exact) mass is 365 g/mol. The molecule has 8 heteroatoms. The third-order valence-corrected chi connectivity index (χ3v) is 6.54. The minimum Gasteiger partial charge on any atom is -0.480 e. The third kappa shape index (κ3) is 3.98. The molecule has 3 rings (SSSR count). The van der Waals surface area contributed by atoms with Crippen LogP contribution in [0.4, 0.5) is 0 Å². The third-order valence-electron chi connectivity index (χ3n) is 4.74. The number of carbonyl (C=O) groups is 2. The Balaban J connectivity index is 1.71. The molecule has 0 aliphatic carbocycles. The van der Waals surface area contributed by atoms with E-state index in [4.69, 9.17) is 10.5 Å². The summed E-state index contributed by atoms with van der Waals surface area (Å²) < 4.78 is 5.13. The van der Waals surface area contributed by atoms with Crippen molar-refractivity contribution in [2.24, 2.45) is 5.73 Å². The Morgan fingerprint density at radius 3 is 2.64 bits per heavy atom. The minimum atomic E-state index is -1.08. The van der Waals surface area contributed by atoms with Crippen LogP contribution in [-0.4, -0.2) is 52.3 Å². The lowest BCUT2D eigenvalue weighted by atomic mass is 9.89. The van der Waals surface area contributed by atoms with Crippen LogP contribution in [-0.2, 0) is 20.9 Å². The first-order valence-electron chi connectivity index (χ1n) is 8.35. The first-order valence-corrected chi connectivity index (χ1v) is 9.23. The van der Waals surface area contributed by atoms with Gasteiger partial charge in [0.05, 0.1) is 5.37 Å². The fourth-order valence-corrected chi connectivity index (χ4v) is 5.04. The number of carboxylic acids is 1. The zero-order valence-corrected chi connectivity index (χ0v) is 14.6. The van der Waals surface area contributed by atoms with Crippen molar-refractivity contribution in [3.63, 3.8) is 0 Å². The highest BCUT2D eigenvalue weighted by molar-refractivity contribution is 8.01. The van der Waals surface area contributed by atoms with E-state index in [1.807, 2.05) is 30.3 Å². The van der Waals surface area contributed by atoms with Crippen LogP contribution in [0.5, 0.6) is 0 Å². The van der Waals surface area contributed by atoms with Crippen molar-refractivity contribution in [3.05, 3.63) is 35.9 Å². The van der Waals surface area contributed by atoms with Gasteiger partial charge in [-0.2, -0.15) is 0 Å². The number of nitrogens with one attached hydrogen (secondary N) is 2. The Morgan fingerprint density at radius 2 is 2.00 bits per heavy atom. The molecule has 1 aromatic carbocycles. The van der Waals surface area contributed by atoms with Crippen LogP contribution in [0.15, 0.2) is 30.3 Å². The smallest absolute Gasteiger partial charge is 0.324 e. The molecule has 1 spiro atoms. The maximum atomic E-state index is 12.7. The van der Waals surface area contributed by atoms with Gasteiger partial charge in [-0.05, 0) is 31.5 Å². The number of carboxylic acid groups (broad SMARTS) is 1. The molecule has 0 radical (unpaired) electrons. The average Bonchev–Trinajstić information content (AvgIpc) is 2.99. The summed E-state index contributed by atoms with van der Waals surface area (Å²) >= 11 is 1.47. The van der Waals surface area contributed by atoms with Gasteiger partial charge in [0.2, 0.25) is 0 Å². The molecule has 1 aromatic rings. The van der Waals surface area contributed by atoms with Gasteiger partial charge in [0.1, 0.15) is 18.7 Å². The number of nitrogens with two attached hydrogens (primary N) is 1. The number of benzene rings is 1. The minimum absolute atomic E-state index is 0.201. The summed E-state index contributed by atoms with van der Waals surface area (Å²) in [5, 5.41) is 15.1. The van der Waals surface area contributed by atoms with Crippen molar-refractivity contribution >= 4 is 23.7 Å². The van der Waals surface area contributed by atoms with Gasteiger partial charge in [0.25, 0.3) is 0 Å². The molecule has 136 valence electrons. The lowest BCUT2D eigenvalue weighted by Crippen LogP contribution is -2.54. The predicted molar refractivity (Wildman–Crippen MR) is 95.0 cm³/mol. The number of hydrogen-bond donors (Lipinski definition) is 4. The van der Waals surface area contributed by atoms with E-state index in [-0.39, 0.29) is 17.3 Å². The summed E-state index contributed by atoms with van der Waals surface area (Å²) in [5.41, 5.74) is 6.70. The van der Waals surface area contributed by atoms with Crippen molar-refractivity contribution in [2.75, 3.05) is 13.1 Å². The number of aliphatic carboxylic acids is 1. The number of thioether (sulfide) groups is 1. The maximum Gasteiger partial charge on any atom is 0.324 e. The Bertz CT molecular complexity index is 622. The second-order valence-corrected chi connectivity index (χ2v) is 7.97. The molecule has 0 saturated carbocycles. The maximum absolute atomic E-state index is 12.7. The van der Waals surface area contributed by atoms with Gasteiger partial charge in [-0.1, -0.05) is 30.3 Å². The van der Waals surface area contributed by atoms with E-state index < -0.39 is 23.4 Å². The van der Waals surface area contributed by atoms with Crippen molar-refractivity contribution in [1.82, 2.24) is 10.6 Å². The van der Waals surface area contributed by atoms with Gasteiger partial charge in [0, 0.05) is 4.75 Å². The quantitative estimate of drug-likeness (QED) is 0.551. The van der Waals surface area contributed by atoms with Crippen LogP contribution in [0.2, 0.25) is 0 Å². The Labute approximate surface area is 150 Å². The zero-order chi connectivity index (χ0) is 17.9. The molecule has 7 nitrogen and oxygen atoms in total. The molecule has 3 atom stereocenters. The molecule has 2 fully saturated rings. The molecule has 2 saturated heterocycles. The van der Waals surface area contributed by atoms with Crippen LogP contribution in [0.25, 0.3) is 0 Å². The average molecular weight is 365 g/mol. The van der Waals surface area contributed by atoms with E-state index in [2.05, 4.69) is 10.6 Å². The lowest BCUT2D eigenvalue weighted by molar-refractivity contribution is -0.149. The second-order valence-electron chi connectivity index (χ2n) is 6.41. The van der Waals surface area contributed by atoms with E-state index in [1.165, 1.54) is 11.8 Å². The summed E-state index contributed by atoms with van der Waals surface area (Å²) in [6, 6.07) is 7.86. The SMILES string of the molecule is NC(C(=O)O)C1NC(C(=O)OCc2ccccc2)C2(CCNCC2)S1. The number of ether oxygens (including phenoxy) is 1. The predicted octanol–water partition coefficient (Wildman–Crippen LogP) is 0.295. The molecule has 5 N–H and O–H groups in total. The molecule has 0 aromatic heterocycles. The van der Waals surface area contributed by atoms with E-state index in [0.717, 1.165) is 31.5 Å².